The molecule has 1 aromatic carbocycles. The predicted octanol–water partition coefficient (Wildman–Crippen LogP) is 2.42. The minimum absolute atomic E-state index is 0.0506. The largest absolute Gasteiger partial charge is 0.458 e. The second kappa shape index (κ2) is 10.2. The zero-order valence-electron chi connectivity index (χ0n) is 17.5. The molecular weight excluding hydrogens is 412 g/mol. The van der Waals surface area contributed by atoms with Gasteiger partial charge in [0.15, 0.2) is 12.4 Å². The van der Waals surface area contributed by atoms with Gasteiger partial charge in [-0.1, -0.05) is 31.0 Å². The number of rotatable bonds is 8. The molecule has 0 fully saturated rings. The molecule has 9 heteroatoms. The summed E-state index contributed by atoms with van der Waals surface area (Å²) in [5, 5.41) is 10.2. The summed E-state index contributed by atoms with van der Waals surface area (Å²) >= 11 is 0. The standard InChI is InChI=1S/C21H28O8S/c1-5-6-18(27-14(3)22)21(28-15(4)23)19-11-17(12-20(24)29-19)30(25,26)16-9-7-13(2)8-10-16/h7-10,12,18-21,24H,5-6,11H2,1-4H3/t18-,19+,20?,21+/m1/s1. The van der Waals surface area contributed by atoms with E-state index in [9.17, 15) is 23.1 Å². The summed E-state index contributed by atoms with van der Waals surface area (Å²) in [6.07, 6.45) is -2.47. The number of benzene rings is 1. The summed E-state index contributed by atoms with van der Waals surface area (Å²) in [4.78, 5) is 23.3. The minimum Gasteiger partial charge on any atom is -0.458 e. The summed E-state index contributed by atoms with van der Waals surface area (Å²) in [7, 11) is -3.89. The Hall–Kier alpha value is -2.23. The number of aliphatic hydroxyl groups is 1. The number of hydrogen-bond acceptors (Lipinski definition) is 8. The van der Waals surface area contributed by atoms with Crippen LogP contribution in [0.15, 0.2) is 40.1 Å². The molecule has 0 radical (unpaired) electrons. The van der Waals surface area contributed by atoms with Crippen LogP contribution >= 0.6 is 0 Å². The molecule has 1 heterocycles. The molecule has 0 spiro atoms. The van der Waals surface area contributed by atoms with E-state index in [1.54, 1.807) is 12.1 Å². The first kappa shape index (κ1) is 24.0. The van der Waals surface area contributed by atoms with Crippen molar-refractivity contribution in [3.8, 4) is 0 Å². The third-order valence-corrected chi connectivity index (χ3v) is 6.53. The van der Waals surface area contributed by atoms with E-state index < -0.39 is 46.4 Å². The van der Waals surface area contributed by atoms with Gasteiger partial charge in [-0.05, 0) is 31.6 Å². The van der Waals surface area contributed by atoms with Crippen LogP contribution < -0.4 is 0 Å². The summed E-state index contributed by atoms with van der Waals surface area (Å²) in [6, 6.07) is 6.34. The Morgan fingerprint density at radius 3 is 2.30 bits per heavy atom. The Labute approximate surface area is 176 Å². The molecule has 1 N–H and O–H groups in total. The number of ether oxygens (including phenoxy) is 3. The van der Waals surface area contributed by atoms with Gasteiger partial charge in [-0.25, -0.2) is 8.42 Å². The van der Waals surface area contributed by atoms with Gasteiger partial charge in [0.2, 0.25) is 9.84 Å². The Balaban J connectivity index is 2.37. The highest BCUT2D eigenvalue weighted by Gasteiger charge is 2.40. The fraction of sp³-hybridized carbons (Fsp3) is 0.524. The molecule has 0 saturated heterocycles. The highest BCUT2D eigenvalue weighted by Crippen LogP contribution is 2.32. The van der Waals surface area contributed by atoms with Gasteiger partial charge < -0.3 is 19.3 Å². The van der Waals surface area contributed by atoms with Gasteiger partial charge >= 0.3 is 11.9 Å². The van der Waals surface area contributed by atoms with E-state index in [1.165, 1.54) is 26.0 Å². The number of carbonyl (C=O) groups excluding carboxylic acids is 2. The molecule has 0 saturated carbocycles. The zero-order chi connectivity index (χ0) is 22.5. The average Bonchev–Trinajstić information content (AvgIpc) is 2.65. The van der Waals surface area contributed by atoms with Gasteiger partial charge in [0.05, 0.1) is 9.80 Å². The van der Waals surface area contributed by atoms with E-state index in [-0.39, 0.29) is 16.2 Å². The molecule has 0 aromatic heterocycles. The van der Waals surface area contributed by atoms with Crippen LogP contribution in [-0.4, -0.2) is 50.1 Å². The first-order chi connectivity index (χ1) is 14.0. The van der Waals surface area contributed by atoms with Gasteiger partial charge in [0.1, 0.15) is 12.2 Å². The van der Waals surface area contributed by atoms with Gasteiger partial charge in [0, 0.05) is 20.3 Å². The molecular formula is C21H28O8S. The third-order valence-electron chi connectivity index (χ3n) is 4.65. The molecule has 30 heavy (non-hydrogen) atoms. The summed E-state index contributed by atoms with van der Waals surface area (Å²) in [5.41, 5.74) is 0.909. The van der Waals surface area contributed by atoms with E-state index >= 15 is 0 Å². The fourth-order valence-electron chi connectivity index (χ4n) is 3.32. The summed E-state index contributed by atoms with van der Waals surface area (Å²) < 4.78 is 42.3. The zero-order valence-corrected chi connectivity index (χ0v) is 18.3. The molecule has 1 aliphatic heterocycles. The lowest BCUT2D eigenvalue weighted by atomic mass is 9.99. The molecule has 0 aliphatic carbocycles. The van der Waals surface area contributed by atoms with Crippen LogP contribution in [0.4, 0.5) is 0 Å². The Kier molecular flexibility index (Phi) is 8.17. The van der Waals surface area contributed by atoms with E-state index in [4.69, 9.17) is 14.2 Å². The molecule has 1 aromatic rings. The molecule has 8 nitrogen and oxygen atoms in total. The molecule has 0 bridgehead atoms. The maximum absolute atomic E-state index is 13.1. The summed E-state index contributed by atoms with van der Waals surface area (Å²) in [5.74, 6) is -1.20. The molecule has 166 valence electrons. The SMILES string of the molecule is CCC[C@@H](OC(C)=O)[C@H](OC(C)=O)[C@@H]1CC(S(=O)(=O)c2ccc(C)cc2)=CC(O)O1. The Morgan fingerprint density at radius 1 is 1.17 bits per heavy atom. The maximum Gasteiger partial charge on any atom is 0.303 e. The lowest BCUT2D eigenvalue weighted by Gasteiger charge is -2.35. The molecule has 4 atom stereocenters. The van der Waals surface area contributed by atoms with Crippen LogP contribution in [0.2, 0.25) is 0 Å². The minimum atomic E-state index is -3.89. The average molecular weight is 441 g/mol. The number of aliphatic hydroxyl groups excluding tert-OH is 1. The molecule has 0 amide bonds. The van der Waals surface area contributed by atoms with Crippen LogP contribution in [0.3, 0.4) is 0 Å². The monoisotopic (exact) mass is 440 g/mol. The van der Waals surface area contributed by atoms with Gasteiger partial charge in [-0.15, -0.1) is 0 Å². The van der Waals surface area contributed by atoms with E-state index in [0.29, 0.717) is 12.8 Å². The Morgan fingerprint density at radius 2 is 1.77 bits per heavy atom. The van der Waals surface area contributed by atoms with Crippen molar-refractivity contribution in [2.45, 2.75) is 76.5 Å². The maximum atomic E-state index is 13.1. The highest BCUT2D eigenvalue weighted by atomic mass is 32.2. The van der Waals surface area contributed by atoms with E-state index in [1.807, 2.05) is 13.8 Å². The van der Waals surface area contributed by atoms with Crippen molar-refractivity contribution in [1.82, 2.24) is 0 Å². The lowest BCUT2D eigenvalue weighted by Crippen LogP contribution is -2.47. The molecule has 1 aliphatic rings. The van der Waals surface area contributed by atoms with Crippen LogP contribution in [-0.2, 0) is 33.6 Å². The van der Waals surface area contributed by atoms with Crippen molar-refractivity contribution < 1.29 is 37.3 Å². The van der Waals surface area contributed by atoms with Crippen LogP contribution in [0, 0.1) is 6.92 Å². The summed E-state index contributed by atoms with van der Waals surface area (Å²) in [6.45, 7) is 6.14. The second-order valence-electron chi connectivity index (χ2n) is 7.23. The van der Waals surface area contributed by atoms with Crippen molar-refractivity contribution in [2.75, 3.05) is 0 Å². The van der Waals surface area contributed by atoms with Gasteiger partial charge in [0.25, 0.3) is 0 Å². The molecule has 2 rings (SSSR count). The smallest absolute Gasteiger partial charge is 0.303 e. The van der Waals surface area contributed by atoms with E-state index in [0.717, 1.165) is 11.6 Å². The quantitative estimate of drug-likeness (QED) is 0.613. The first-order valence-electron chi connectivity index (χ1n) is 9.75. The van der Waals surface area contributed by atoms with Gasteiger partial charge in [-0.2, -0.15) is 0 Å². The Bertz CT molecular complexity index is 888. The van der Waals surface area contributed by atoms with Crippen molar-refractivity contribution in [3.05, 3.63) is 40.8 Å². The van der Waals surface area contributed by atoms with Gasteiger partial charge in [-0.3, -0.25) is 9.59 Å². The normalized spacial score (nSPS) is 21.3. The van der Waals surface area contributed by atoms with E-state index in [2.05, 4.69) is 0 Å². The lowest BCUT2D eigenvalue weighted by molar-refractivity contribution is -0.197. The highest BCUT2D eigenvalue weighted by molar-refractivity contribution is 7.95. The number of esters is 2. The van der Waals surface area contributed by atoms with Crippen molar-refractivity contribution in [3.63, 3.8) is 0 Å². The van der Waals surface area contributed by atoms with Crippen molar-refractivity contribution in [2.24, 2.45) is 0 Å². The predicted molar refractivity (Wildman–Crippen MR) is 108 cm³/mol. The topological polar surface area (TPSA) is 116 Å². The number of hydrogen-bond donors (Lipinski definition) is 1. The first-order valence-corrected chi connectivity index (χ1v) is 11.2. The number of carbonyl (C=O) groups is 2. The number of sulfone groups is 1. The van der Waals surface area contributed by atoms with Crippen molar-refractivity contribution >= 4 is 21.8 Å². The second-order valence-corrected chi connectivity index (χ2v) is 9.23. The van der Waals surface area contributed by atoms with Crippen LogP contribution in [0.25, 0.3) is 0 Å². The van der Waals surface area contributed by atoms with Crippen molar-refractivity contribution in [1.29, 1.82) is 0 Å². The van der Waals surface area contributed by atoms with Crippen LogP contribution in [0.1, 0.15) is 45.6 Å². The number of aryl methyl sites for hydroxylation is 1. The third kappa shape index (κ3) is 6.13. The fourth-order valence-corrected chi connectivity index (χ4v) is 4.80. The molecule has 1 unspecified atom stereocenters. The van der Waals surface area contributed by atoms with Crippen LogP contribution in [0.5, 0.6) is 0 Å².